The van der Waals surface area contributed by atoms with Gasteiger partial charge in [-0.05, 0) is 71.9 Å². The van der Waals surface area contributed by atoms with E-state index in [0.29, 0.717) is 6.42 Å². The fourth-order valence-electron chi connectivity index (χ4n) is 13.5. The lowest BCUT2D eigenvalue weighted by Crippen LogP contribution is -2.54. The highest BCUT2D eigenvalue weighted by atomic mass is 32.2. The Balaban J connectivity index is 1.16. The summed E-state index contributed by atoms with van der Waals surface area (Å²) in [6, 6.07) is -6.78. The van der Waals surface area contributed by atoms with E-state index >= 15 is 14.4 Å². The zero-order chi connectivity index (χ0) is 87.8. The number of allylic oxidation sites excluding steroid dienone is 2. The Morgan fingerprint density at radius 3 is 2.18 bits per heavy atom. The molecule has 5 aromatic rings. The summed E-state index contributed by atoms with van der Waals surface area (Å²) in [5.74, 6) is -15.7. The Bertz CT molecular complexity index is 5090. The minimum atomic E-state index is -2.10. The largest absolute Gasteiger partial charge is 0.455 e. The molecule has 37 nitrogen and oxygen atoms in total. The summed E-state index contributed by atoms with van der Waals surface area (Å²) in [4.78, 5) is 218. The van der Waals surface area contributed by atoms with Gasteiger partial charge in [-0.25, -0.2) is 29.7 Å². The normalized spacial score (nSPS) is 26.4. The molecule has 9 heterocycles. The number of ketones is 3. The van der Waals surface area contributed by atoms with Gasteiger partial charge in [-0.15, -0.1) is 57.1 Å². The summed E-state index contributed by atoms with van der Waals surface area (Å²) in [5, 5.41) is 87.5. The molecule has 16 N–H and O–H groups in total. The number of nitrogens with one attached hydrogen (secondary N) is 9. The van der Waals surface area contributed by atoms with E-state index in [1.54, 1.807) is 26.0 Å². The van der Waals surface area contributed by atoms with Crippen molar-refractivity contribution in [3.05, 3.63) is 147 Å². The van der Waals surface area contributed by atoms with Crippen LogP contribution in [0.5, 0.6) is 0 Å². The summed E-state index contributed by atoms with van der Waals surface area (Å²) in [7, 11) is 1.24. The first-order chi connectivity index (χ1) is 56.7. The first-order valence-electron chi connectivity index (χ1n) is 38.0. The van der Waals surface area contributed by atoms with Gasteiger partial charge in [0.1, 0.15) is 97.1 Å². The predicted molar refractivity (Wildman–Crippen MR) is 441 cm³/mol. The number of primary amides is 1. The standard InChI is InChI=1S/C78H93N17O20S5/c1-14-31(3)57-55(101)21-32(4)64(105)81-34(6)53(99)20-33(5)65(106)95-78-19-18-45(73-91-50(29-118-73)67(108)82-35(7)66(107)87-47(63(79)104)24-80-56(102)25-114-13)85-62(78)49-27-119-74(89-49)59(38(10)115-75(112)46-22-41(36(8)96)40-16-17-44(83-57)61(103)60(40)84-46)94-68(109)51-28-116-71(90-51)42(77(12,113)39(11)98)23-54(100)48-26-117-72(88-48)43(15-2)86-70(111)58(37(9)97)93-69(110)52-30-120-76(78)92-52/h15-17,22,24,27-33,36-39,42,44,48,57-59,61-62,83,96-98,103,113H,6-7,14,18-21,23,25-26H2,1-5,8-13H3,(H2,79,104)(H,80,102)(H,81,105)(H,82,108)(H,86,111)(H,87,107)(H,93,110)(H,94,109)(H,95,106)/b43-15-,47-24?. The van der Waals surface area contributed by atoms with Crippen molar-refractivity contribution in [1.29, 1.82) is 0 Å². The molecule has 0 fully saturated rings. The maximum atomic E-state index is 15.5. The number of cyclic esters (lactones) is 1. The number of hydrogen-bond donors (Lipinski definition) is 15. The second-order valence-electron chi connectivity index (χ2n) is 29.8. The number of rotatable bonds is 15. The van der Waals surface area contributed by atoms with Crippen LogP contribution in [0.2, 0.25) is 0 Å². The first kappa shape index (κ1) is 91.8. The third-order valence-corrected chi connectivity index (χ3v) is 25.9. The molecule has 42 heteroatoms. The summed E-state index contributed by atoms with van der Waals surface area (Å²) in [6.07, 6.45) is -3.64. The maximum Gasteiger partial charge on any atom is 0.357 e. The molecule has 13 bridgehead atoms. The number of pyridine rings is 1. The molecule has 0 saturated heterocycles. The van der Waals surface area contributed by atoms with Crippen LogP contribution in [0.4, 0.5) is 0 Å². The molecule has 0 radical (unpaired) electrons. The molecule has 4 aliphatic heterocycles. The fraction of sp³-hybridized carbons (Fsp3) is 0.462. The smallest absolute Gasteiger partial charge is 0.357 e. The van der Waals surface area contributed by atoms with Crippen LogP contribution in [0, 0.1) is 17.8 Å². The van der Waals surface area contributed by atoms with E-state index in [9.17, 15) is 73.5 Å². The van der Waals surface area contributed by atoms with E-state index in [1.807, 2.05) is 6.92 Å². The Hall–Kier alpha value is -10.5. The van der Waals surface area contributed by atoms with Crippen LogP contribution in [-0.4, -0.2) is 205 Å². The van der Waals surface area contributed by atoms with Crippen molar-refractivity contribution in [3.63, 3.8) is 0 Å². The zero-order valence-electron chi connectivity index (χ0n) is 67.0. The third-order valence-electron chi connectivity index (χ3n) is 21.0. The number of aliphatic hydroxyl groups is 5. The van der Waals surface area contributed by atoms with Crippen molar-refractivity contribution in [1.82, 2.24) is 72.8 Å². The van der Waals surface area contributed by atoms with Crippen molar-refractivity contribution >= 4 is 150 Å². The summed E-state index contributed by atoms with van der Waals surface area (Å²) >= 11 is 4.53. The average molecular weight is 1750 g/mol. The van der Waals surface area contributed by atoms with Crippen molar-refractivity contribution < 1.29 is 97.3 Å². The number of thioether (sulfide) groups is 1. The first-order valence-corrected chi connectivity index (χ1v) is 42.5. The molecule has 17 unspecified atom stereocenters. The van der Waals surface area contributed by atoms with E-state index in [4.69, 9.17) is 30.2 Å². The molecule has 17 atom stereocenters. The highest BCUT2D eigenvalue weighted by molar-refractivity contribution is 8.14. The van der Waals surface area contributed by atoms with Crippen molar-refractivity contribution in [3.8, 4) is 0 Å². The highest BCUT2D eigenvalue weighted by Gasteiger charge is 2.51. The van der Waals surface area contributed by atoms with Crippen LogP contribution in [-0.2, 0) is 58.2 Å². The van der Waals surface area contributed by atoms with Crippen LogP contribution in [0.3, 0.4) is 0 Å². The van der Waals surface area contributed by atoms with Gasteiger partial charge in [0.2, 0.25) is 23.6 Å². The lowest BCUT2D eigenvalue weighted by atomic mass is 9.80. The average Bonchev–Trinajstić information content (AvgIpc) is 1.50. The van der Waals surface area contributed by atoms with E-state index in [-0.39, 0.29) is 101 Å². The molecule has 1 aliphatic carbocycles. The number of thiazole rings is 4. The molecule has 0 aromatic carbocycles. The predicted octanol–water partition coefficient (Wildman–Crippen LogP) is 2.93. The Labute approximate surface area is 708 Å². The quantitative estimate of drug-likeness (QED) is 0.0529. The number of aromatic nitrogens is 5. The van der Waals surface area contributed by atoms with Gasteiger partial charge < -0.3 is 83.3 Å². The van der Waals surface area contributed by atoms with Gasteiger partial charge in [-0.3, -0.25) is 72.8 Å². The molecule has 640 valence electrons. The van der Waals surface area contributed by atoms with Crippen molar-refractivity contribution in [2.45, 2.75) is 192 Å². The minimum absolute atomic E-state index is 0.0100. The lowest BCUT2D eigenvalue weighted by molar-refractivity contribution is -0.131. The van der Waals surface area contributed by atoms with Gasteiger partial charge >= 0.3 is 5.97 Å². The lowest BCUT2D eigenvalue weighted by Gasteiger charge is -2.41. The van der Waals surface area contributed by atoms with Gasteiger partial charge in [0.15, 0.2) is 17.3 Å². The number of nitrogens with two attached hydrogens (primary N) is 1. The summed E-state index contributed by atoms with van der Waals surface area (Å²) in [6.45, 7) is 21.8. The van der Waals surface area contributed by atoms with E-state index in [2.05, 4.69) is 81.0 Å². The summed E-state index contributed by atoms with van der Waals surface area (Å²) < 4.78 is 11.1. The molecule has 0 saturated carbocycles. The van der Waals surface area contributed by atoms with Gasteiger partial charge in [-0.2, -0.15) is 0 Å². The number of nitrogens with zero attached hydrogens (tertiary/aromatic N) is 7. The molecule has 5 aliphatic rings. The monoisotopic (exact) mass is 1750 g/mol. The zero-order valence-corrected chi connectivity index (χ0v) is 71.1. The van der Waals surface area contributed by atoms with Gasteiger partial charge in [0.05, 0.1) is 75.2 Å². The number of carbonyl (C=O) groups is 13. The van der Waals surface area contributed by atoms with Crippen LogP contribution in [0.15, 0.2) is 91.9 Å². The highest BCUT2D eigenvalue weighted by Crippen LogP contribution is 2.48. The number of fused-ring (bicyclic) bond motifs is 7. The Kier molecular flexibility index (Phi) is 29.8. The minimum Gasteiger partial charge on any atom is -0.455 e. The number of amides is 9. The number of Topliss-reactive ketones (excluding diaryl/α,β-unsaturated/α-hetero) is 3. The van der Waals surface area contributed by atoms with Gasteiger partial charge in [0.25, 0.3) is 29.5 Å². The van der Waals surface area contributed by atoms with Crippen LogP contribution in [0.1, 0.15) is 222 Å². The Morgan fingerprint density at radius 2 is 1.51 bits per heavy atom. The molecule has 0 spiro atoms. The van der Waals surface area contributed by atoms with E-state index in [0.717, 1.165) is 63.3 Å². The number of aliphatic hydroxyl groups excluding tert-OH is 4. The third kappa shape index (κ3) is 20.7. The maximum absolute atomic E-state index is 15.5. The van der Waals surface area contributed by atoms with E-state index in [1.165, 1.54) is 89.2 Å². The van der Waals surface area contributed by atoms with Crippen molar-refractivity contribution in [2.24, 2.45) is 33.5 Å². The molecule has 5 aromatic heterocycles. The number of aliphatic imine (C=N–C) groups is 2. The van der Waals surface area contributed by atoms with Crippen LogP contribution >= 0.6 is 57.1 Å². The fourth-order valence-corrected chi connectivity index (χ4v) is 18.4. The molecule has 9 amide bonds. The second kappa shape index (κ2) is 38.9. The van der Waals surface area contributed by atoms with Crippen LogP contribution < -0.4 is 53.6 Å². The summed E-state index contributed by atoms with van der Waals surface area (Å²) in [5.41, 5.74) is -1.38. The second-order valence-corrected chi connectivity index (χ2v) is 34.3. The number of ether oxygens (including phenoxy) is 2. The van der Waals surface area contributed by atoms with Crippen LogP contribution in [0.25, 0.3) is 6.08 Å². The molecular formula is C78H93N17O20S5. The number of hydrogen-bond acceptors (Lipinski definition) is 33. The van der Waals surface area contributed by atoms with Gasteiger partial charge in [-0.1, -0.05) is 65.5 Å². The SMILES string of the molecule is C=C1NC(=O)C(C)CC(=O)C(C(C)CC)NC2C=Cc3c(C(C)O)cc(nc3C2O)C(=O)OC(C)C2NC(=O)c3csc(n3)C(C(C)(O)C(C)O)CC(=O)C3CSC(=N3)/C(=C/C)NC(=O)C(C(C)O)NC(=O)c3csc(n3)C3(CCC(c4nc(C(=O)NC(=C)C(=O)NC(=CNC(=O)COC)C(N)=O)cs4)=NC3c3csc2n3)NC(=O)C(C)CC1=O. The Morgan fingerprint density at radius 1 is 0.817 bits per heavy atom. The van der Waals surface area contributed by atoms with E-state index < -0.39 is 220 Å². The number of methoxy groups -OCH3 is 1. The topological polar surface area (TPSA) is 565 Å². The van der Waals surface area contributed by atoms with Gasteiger partial charge in [0, 0.05) is 83.2 Å². The van der Waals surface area contributed by atoms with Crippen molar-refractivity contribution in [2.75, 3.05) is 19.5 Å². The number of carbonyl (C=O) groups excluding carboxylic acids is 13. The molecular weight excluding hydrogens is 1660 g/mol. The molecule has 120 heavy (non-hydrogen) atoms. The molecule has 10 rings (SSSR count). The number of esters is 1.